The molecule has 0 radical (unpaired) electrons. The van der Waals surface area contributed by atoms with Crippen molar-refractivity contribution in [2.45, 2.75) is 89.9 Å². The Morgan fingerprint density at radius 3 is 1.43 bits per heavy atom. The molecule has 0 bridgehead atoms. The zero-order valence-corrected chi connectivity index (χ0v) is 29.7. The van der Waals surface area contributed by atoms with Gasteiger partial charge in [-0.05, 0) is 80.8 Å². The first-order valence-electron chi connectivity index (χ1n) is 17.8. The maximum absolute atomic E-state index is 7.25. The molecule has 0 N–H and O–H groups in total. The van der Waals surface area contributed by atoms with Gasteiger partial charge in [0.1, 0.15) is 23.0 Å². The highest BCUT2D eigenvalue weighted by atomic mass is 16.5. The molecule has 5 heteroatoms. The summed E-state index contributed by atoms with van der Waals surface area (Å²) in [5.41, 5.74) is 12.2. The Bertz CT molecular complexity index is 2140. The molecule has 2 aliphatic carbocycles. The van der Waals surface area contributed by atoms with Crippen molar-refractivity contribution in [2.75, 3.05) is 4.90 Å². The quantitative estimate of drug-likeness (QED) is 0.167. The van der Waals surface area contributed by atoms with Crippen molar-refractivity contribution >= 4 is 40.2 Å². The van der Waals surface area contributed by atoms with E-state index in [9.17, 15) is 0 Å². The van der Waals surface area contributed by atoms with Crippen LogP contribution in [0, 0.1) is 0 Å². The SMILES string of the molecule is CC1(C)CC(C)(C)c2c1ccc1c2Oc2cc(N3c4ccccc4Oc4ccccc43)cc3c2B1c1ccc2c(c1O3)C(C)(C)CC2(C)C. The van der Waals surface area contributed by atoms with Crippen LogP contribution in [0.15, 0.2) is 84.9 Å². The average Bonchev–Trinajstić information content (AvgIpc) is 3.37. The number of nitrogens with zero attached hydrogens (tertiary/aromatic N) is 1. The summed E-state index contributed by atoms with van der Waals surface area (Å²) in [6, 6.07) is 30.5. The number of fused-ring (bicyclic) bond motifs is 10. The van der Waals surface area contributed by atoms with Crippen LogP contribution in [0.25, 0.3) is 0 Å². The van der Waals surface area contributed by atoms with Gasteiger partial charge in [-0.15, -0.1) is 0 Å². The number of para-hydroxylation sites is 4. The molecule has 5 aromatic rings. The molecular weight excluding hydrogens is 601 g/mol. The van der Waals surface area contributed by atoms with E-state index in [2.05, 4.69) is 121 Å². The van der Waals surface area contributed by atoms with Gasteiger partial charge in [0, 0.05) is 28.7 Å². The molecule has 10 rings (SSSR count). The van der Waals surface area contributed by atoms with Gasteiger partial charge in [0.2, 0.25) is 0 Å². The molecule has 4 nitrogen and oxygen atoms in total. The second kappa shape index (κ2) is 9.12. The molecule has 0 saturated carbocycles. The van der Waals surface area contributed by atoms with Crippen molar-refractivity contribution in [1.82, 2.24) is 0 Å². The van der Waals surface area contributed by atoms with Gasteiger partial charge in [-0.2, -0.15) is 0 Å². The topological polar surface area (TPSA) is 30.9 Å². The Morgan fingerprint density at radius 2 is 0.959 bits per heavy atom. The first-order valence-corrected chi connectivity index (χ1v) is 17.8. The maximum Gasteiger partial charge on any atom is 0.260 e. The van der Waals surface area contributed by atoms with E-state index in [1.54, 1.807) is 0 Å². The molecule has 3 aliphatic heterocycles. The van der Waals surface area contributed by atoms with Crippen molar-refractivity contribution in [3.05, 3.63) is 107 Å². The molecule has 5 aliphatic rings. The minimum atomic E-state index is -0.0256. The van der Waals surface area contributed by atoms with Crippen molar-refractivity contribution in [3.8, 4) is 34.5 Å². The van der Waals surface area contributed by atoms with Gasteiger partial charge in [0.05, 0.1) is 17.1 Å². The van der Waals surface area contributed by atoms with E-state index in [1.165, 1.54) is 33.2 Å². The van der Waals surface area contributed by atoms with Crippen LogP contribution in [0.5, 0.6) is 34.5 Å². The summed E-state index contributed by atoms with van der Waals surface area (Å²) >= 11 is 0. The highest BCUT2D eigenvalue weighted by Gasteiger charge is 2.51. The summed E-state index contributed by atoms with van der Waals surface area (Å²) in [6.45, 7) is 19.1. The number of hydrogen-bond acceptors (Lipinski definition) is 4. The second-order valence-corrected chi connectivity index (χ2v) is 17.6. The fourth-order valence-electron chi connectivity index (χ4n) is 10.8. The molecule has 49 heavy (non-hydrogen) atoms. The van der Waals surface area contributed by atoms with Gasteiger partial charge in [0.15, 0.2) is 11.5 Å². The van der Waals surface area contributed by atoms with Crippen LogP contribution in [-0.2, 0) is 21.7 Å². The third kappa shape index (κ3) is 3.82. The van der Waals surface area contributed by atoms with Crippen LogP contribution in [0.3, 0.4) is 0 Å². The first-order chi connectivity index (χ1) is 23.3. The first kappa shape index (κ1) is 29.3. The Hall–Kier alpha value is -4.64. The Balaban J connectivity index is 1.27. The highest BCUT2D eigenvalue weighted by molar-refractivity contribution is 6.98. The molecule has 3 heterocycles. The van der Waals surface area contributed by atoms with Crippen LogP contribution >= 0.6 is 0 Å². The number of ether oxygens (including phenoxy) is 3. The van der Waals surface area contributed by atoms with Gasteiger partial charge in [-0.1, -0.05) is 104 Å². The molecule has 0 unspecified atom stereocenters. The van der Waals surface area contributed by atoms with E-state index < -0.39 is 0 Å². The molecule has 244 valence electrons. The lowest BCUT2D eigenvalue weighted by Gasteiger charge is -2.39. The number of rotatable bonds is 1. The normalized spacial score (nSPS) is 19.9. The van der Waals surface area contributed by atoms with Gasteiger partial charge in [-0.25, -0.2) is 0 Å². The van der Waals surface area contributed by atoms with Crippen LogP contribution in [0.2, 0.25) is 0 Å². The molecule has 5 aromatic carbocycles. The van der Waals surface area contributed by atoms with Gasteiger partial charge in [0.25, 0.3) is 6.71 Å². The molecule has 0 spiro atoms. The molecule has 0 fully saturated rings. The van der Waals surface area contributed by atoms with E-state index >= 15 is 0 Å². The predicted molar refractivity (Wildman–Crippen MR) is 200 cm³/mol. The second-order valence-electron chi connectivity index (χ2n) is 17.6. The Labute approximate surface area is 290 Å². The van der Waals surface area contributed by atoms with E-state index in [4.69, 9.17) is 14.2 Å². The van der Waals surface area contributed by atoms with E-state index in [-0.39, 0.29) is 28.4 Å². The van der Waals surface area contributed by atoms with Crippen molar-refractivity contribution < 1.29 is 14.2 Å². The van der Waals surface area contributed by atoms with Crippen LogP contribution in [0.1, 0.15) is 90.5 Å². The Kier molecular flexibility index (Phi) is 5.45. The van der Waals surface area contributed by atoms with Crippen LogP contribution in [0.4, 0.5) is 17.1 Å². The number of hydrogen-bond donors (Lipinski definition) is 0. The third-order valence-electron chi connectivity index (χ3n) is 12.1. The standard InChI is InChI=1S/C44H42BNO3/c1-41(2)23-43(5,6)36-26(41)17-19-28-39(36)48-34-21-25(46-30-13-9-11-15-32(30)47-33-16-12-10-14-31(33)46)22-35-38(34)45(28)29-20-18-27-37(40(29)49-35)44(7,8)24-42(27,3)4/h9-22H,23-24H2,1-8H3. The lowest BCUT2D eigenvalue weighted by atomic mass is 9.34. The number of anilines is 3. The van der Waals surface area contributed by atoms with Gasteiger partial charge < -0.3 is 19.1 Å². The fourth-order valence-corrected chi connectivity index (χ4v) is 10.8. The zero-order chi connectivity index (χ0) is 33.8. The predicted octanol–water partition coefficient (Wildman–Crippen LogP) is 9.91. The van der Waals surface area contributed by atoms with E-state index in [1.807, 2.05) is 24.3 Å². The van der Waals surface area contributed by atoms with Crippen LogP contribution in [-0.4, -0.2) is 6.71 Å². The molecule has 0 aromatic heterocycles. The summed E-state index contributed by atoms with van der Waals surface area (Å²) in [5, 5.41) is 0. The fraction of sp³-hybridized carbons (Fsp3) is 0.318. The minimum absolute atomic E-state index is 0.00503. The monoisotopic (exact) mass is 643 g/mol. The van der Waals surface area contributed by atoms with Crippen LogP contribution < -0.4 is 35.5 Å². The molecular formula is C44H42BNO3. The van der Waals surface area contributed by atoms with Crippen molar-refractivity contribution in [1.29, 1.82) is 0 Å². The summed E-state index contributed by atoms with van der Waals surface area (Å²) in [7, 11) is 0. The van der Waals surface area contributed by atoms with Gasteiger partial charge in [-0.3, -0.25) is 0 Å². The largest absolute Gasteiger partial charge is 0.458 e. The highest BCUT2D eigenvalue weighted by Crippen LogP contribution is 2.57. The average molecular weight is 644 g/mol. The smallest absolute Gasteiger partial charge is 0.260 e. The van der Waals surface area contributed by atoms with Crippen molar-refractivity contribution in [3.63, 3.8) is 0 Å². The van der Waals surface area contributed by atoms with Crippen molar-refractivity contribution in [2.24, 2.45) is 0 Å². The zero-order valence-electron chi connectivity index (χ0n) is 29.7. The summed E-state index contributed by atoms with van der Waals surface area (Å²) in [4.78, 5) is 2.29. The van der Waals surface area contributed by atoms with E-state index in [0.29, 0.717) is 0 Å². The Morgan fingerprint density at radius 1 is 0.510 bits per heavy atom. The lowest BCUT2D eigenvalue weighted by molar-refractivity contribution is 0.392. The summed E-state index contributed by atoms with van der Waals surface area (Å²) in [5.74, 6) is 5.45. The third-order valence-corrected chi connectivity index (χ3v) is 12.1. The van der Waals surface area contributed by atoms with Gasteiger partial charge >= 0.3 is 0 Å². The lowest BCUT2D eigenvalue weighted by Crippen LogP contribution is -2.58. The summed E-state index contributed by atoms with van der Waals surface area (Å²) < 4.78 is 20.9. The minimum Gasteiger partial charge on any atom is -0.458 e. The maximum atomic E-state index is 7.25. The molecule has 0 saturated heterocycles. The van der Waals surface area contributed by atoms with E-state index in [0.717, 1.165) is 69.9 Å². The number of benzene rings is 5. The molecule has 0 amide bonds. The molecule has 0 atom stereocenters. The summed E-state index contributed by atoms with van der Waals surface area (Å²) in [6.07, 6.45) is 2.16.